The van der Waals surface area contributed by atoms with Crippen LogP contribution in [-0.4, -0.2) is 42.5 Å². The molecule has 0 N–H and O–H groups in total. The van der Waals surface area contributed by atoms with Gasteiger partial charge in [-0.25, -0.2) is 9.37 Å². The number of amides is 1. The second-order valence-electron chi connectivity index (χ2n) is 5.03. The lowest BCUT2D eigenvalue weighted by Gasteiger charge is -2.20. The van der Waals surface area contributed by atoms with E-state index in [1.807, 2.05) is 18.0 Å². The summed E-state index contributed by atoms with van der Waals surface area (Å²) in [5, 5.41) is 0.678. The van der Waals surface area contributed by atoms with Gasteiger partial charge in [0.25, 0.3) is 0 Å². The molecule has 2 heterocycles. The summed E-state index contributed by atoms with van der Waals surface area (Å²) in [6.07, 6.45) is 2.17. The molecule has 1 saturated heterocycles. The van der Waals surface area contributed by atoms with Gasteiger partial charge in [-0.05, 0) is 25.0 Å². The number of hydrogen-bond donors (Lipinski definition) is 0. The third kappa shape index (κ3) is 2.47. The van der Waals surface area contributed by atoms with Gasteiger partial charge >= 0.3 is 0 Å². The van der Waals surface area contributed by atoms with E-state index in [1.54, 1.807) is 11.0 Å². The predicted molar refractivity (Wildman–Crippen MR) is 78.7 cm³/mol. The summed E-state index contributed by atoms with van der Waals surface area (Å²) in [4.78, 5) is 20.1. The molecular formula is C14H16FN3OS. The molecule has 0 bridgehead atoms. The zero-order valence-electron chi connectivity index (χ0n) is 11.3. The summed E-state index contributed by atoms with van der Waals surface area (Å²) < 4.78 is 14.4. The number of fused-ring (bicyclic) bond motifs is 1. The third-order valence-electron chi connectivity index (χ3n) is 3.52. The van der Waals surface area contributed by atoms with Crippen LogP contribution in [0.4, 0.5) is 9.52 Å². The maximum Gasteiger partial charge on any atom is 0.242 e. The van der Waals surface area contributed by atoms with Crippen molar-refractivity contribution in [1.82, 2.24) is 9.88 Å². The minimum atomic E-state index is -0.315. The normalized spacial score (nSPS) is 15.0. The van der Waals surface area contributed by atoms with Gasteiger partial charge in [-0.2, -0.15) is 0 Å². The zero-order valence-corrected chi connectivity index (χ0v) is 12.1. The van der Waals surface area contributed by atoms with E-state index < -0.39 is 0 Å². The standard InChI is InChI=1S/C14H16FN3OS/c1-17(9-12(19)18-7-2-3-8-18)14-16-13-10(15)5-4-6-11(13)20-14/h4-6H,2-3,7-9H2,1H3. The van der Waals surface area contributed by atoms with E-state index in [1.165, 1.54) is 17.4 Å². The van der Waals surface area contributed by atoms with Crippen LogP contribution >= 0.6 is 11.3 Å². The molecule has 1 aromatic carbocycles. The van der Waals surface area contributed by atoms with Crippen molar-refractivity contribution < 1.29 is 9.18 Å². The molecule has 1 aliphatic rings. The molecular weight excluding hydrogens is 277 g/mol. The number of carbonyl (C=O) groups excluding carboxylic acids is 1. The van der Waals surface area contributed by atoms with Crippen LogP contribution in [0.2, 0.25) is 0 Å². The molecule has 2 aromatic rings. The molecule has 1 fully saturated rings. The predicted octanol–water partition coefficient (Wildman–Crippen LogP) is 2.49. The number of halogens is 1. The van der Waals surface area contributed by atoms with Gasteiger partial charge in [0, 0.05) is 20.1 Å². The summed E-state index contributed by atoms with van der Waals surface area (Å²) >= 11 is 1.41. The third-order valence-corrected chi connectivity index (χ3v) is 4.65. The first-order chi connectivity index (χ1) is 9.65. The Hall–Kier alpha value is -1.69. The average molecular weight is 293 g/mol. The minimum Gasteiger partial charge on any atom is -0.342 e. The Bertz CT molecular complexity index is 636. The Morgan fingerprint density at radius 3 is 2.90 bits per heavy atom. The van der Waals surface area contributed by atoms with E-state index in [9.17, 15) is 9.18 Å². The number of thiazole rings is 1. The quantitative estimate of drug-likeness (QED) is 0.872. The number of aromatic nitrogens is 1. The average Bonchev–Trinajstić information content (AvgIpc) is 3.08. The Morgan fingerprint density at radius 1 is 1.45 bits per heavy atom. The van der Waals surface area contributed by atoms with Crippen molar-refractivity contribution >= 4 is 32.6 Å². The molecule has 0 atom stereocenters. The molecule has 1 amide bonds. The lowest BCUT2D eigenvalue weighted by atomic mass is 10.3. The van der Waals surface area contributed by atoms with E-state index in [0.717, 1.165) is 30.6 Å². The van der Waals surface area contributed by atoms with Gasteiger partial charge in [0.1, 0.15) is 11.3 Å². The Kier molecular flexibility index (Phi) is 3.56. The summed E-state index contributed by atoms with van der Waals surface area (Å²) in [7, 11) is 1.82. The summed E-state index contributed by atoms with van der Waals surface area (Å²) in [5.41, 5.74) is 0.382. The summed E-state index contributed by atoms with van der Waals surface area (Å²) in [6, 6.07) is 4.92. The number of carbonyl (C=O) groups is 1. The lowest BCUT2D eigenvalue weighted by Crippen LogP contribution is -2.37. The van der Waals surface area contributed by atoms with Crippen LogP contribution in [0.5, 0.6) is 0 Å². The Labute approximate surface area is 120 Å². The number of likely N-dealkylation sites (N-methyl/N-ethyl adjacent to an activating group) is 1. The zero-order chi connectivity index (χ0) is 14.1. The van der Waals surface area contributed by atoms with Crippen LogP contribution in [0.15, 0.2) is 18.2 Å². The number of para-hydroxylation sites is 1. The SMILES string of the molecule is CN(CC(=O)N1CCCC1)c1nc2c(F)cccc2s1. The second-order valence-corrected chi connectivity index (χ2v) is 6.04. The summed E-state index contributed by atoms with van der Waals surface area (Å²) in [6.45, 7) is 1.99. The highest BCUT2D eigenvalue weighted by atomic mass is 32.1. The first kappa shape index (κ1) is 13.3. The van der Waals surface area contributed by atoms with Crippen LogP contribution in [0.3, 0.4) is 0 Å². The number of nitrogens with zero attached hydrogens (tertiary/aromatic N) is 3. The number of rotatable bonds is 3. The van der Waals surface area contributed by atoms with Gasteiger partial charge in [0.05, 0.1) is 11.2 Å². The van der Waals surface area contributed by atoms with Crippen LogP contribution in [0, 0.1) is 5.82 Å². The molecule has 0 spiro atoms. The monoisotopic (exact) mass is 293 g/mol. The lowest BCUT2D eigenvalue weighted by molar-refractivity contribution is -0.128. The second kappa shape index (κ2) is 5.36. The smallest absolute Gasteiger partial charge is 0.242 e. The van der Waals surface area contributed by atoms with Crippen molar-refractivity contribution in [3.63, 3.8) is 0 Å². The molecule has 0 radical (unpaired) electrons. The van der Waals surface area contributed by atoms with E-state index in [-0.39, 0.29) is 11.7 Å². The maximum atomic E-state index is 13.6. The summed E-state index contributed by atoms with van der Waals surface area (Å²) in [5.74, 6) is -0.200. The van der Waals surface area contributed by atoms with E-state index in [4.69, 9.17) is 0 Å². The maximum absolute atomic E-state index is 13.6. The molecule has 0 saturated carbocycles. The number of likely N-dealkylation sites (tertiary alicyclic amines) is 1. The van der Waals surface area contributed by atoms with Gasteiger partial charge in [-0.15, -0.1) is 0 Å². The van der Waals surface area contributed by atoms with Crippen LogP contribution in [0.1, 0.15) is 12.8 Å². The molecule has 1 aliphatic heterocycles. The van der Waals surface area contributed by atoms with Gasteiger partial charge in [-0.3, -0.25) is 4.79 Å². The first-order valence-corrected chi connectivity index (χ1v) is 7.51. The molecule has 6 heteroatoms. The van der Waals surface area contributed by atoms with Crippen molar-refractivity contribution in [2.24, 2.45) is 0 Å². The van der Waals surface area contributed by atoms with Crippen molar-refractivity contribution in [2.45, 2.75) is 12.8 Å². The number of anilines is 1. The van der Waals surface area contributed by atoms with E-state index in [0.29, 0.717) is 17.2 Å². The Morgan fingerprint density at radius 2 is 2.20 bits per heavy atom. The van der Waals surface area contributed by atoms with Gasteiger partial charge < -0.3 is 9.80 Å². The fourth-order valence-electron chi connectivity index (χ4n) is 2.40. The molecule has 0 aliphatic carbocycles. The molecule has 0 unspecified atom stereocenters. The topological polar surface area (TPSA) is 36.4 Å². The minimum absolute atomic E-state index is 0.115. The highest BCUT2D eigenvalue weighted by molar-refractivity contribution is 7.22. The van der Waals surface area contributed by atoms with Crippen molar-refractivity contribution in [3.8, 4) is 0 Å². The van der Waals surface area contributed by atoms with Gasteiger partial charge in [0.15, 0.2) is 5.13 Å². The molecule has 3 rings (SSSR count). The van der Waals surface area contributed by atoms with E-state index >= 15 is 0 Å². The highest BCUT2D eigenvalue weighted by Crippen LogP contribution is 2.29. The van der Waals surface area contributed by atoms with Gasteiger partial charge in [-0.1, -0.05) is 17.4 Å². The Balaban J connectivity index is 1.76. The largest absolute Gasteiger partial charge is 0.342 e. The highest BCUT2D eigenvalue weighted by Gasteiger charge is 2.20. The van der Waals surface area contributed by atoms with Crippen LogP contribution < -0.4 is 4.90 Å². The van der Waals surface area contributed by atoms with Crippen LogP contribution in [-0.2, 0) is 4.79 Å². The van der Waals surface area contributed by atoms with Crippen molar-refractivity contribution in [2.75, 3.05) is 31.6 Å². The number of hydrogen-bond acceptors (Lipinski definition) is 4. The number of benzene rings is 1. The van der Waals surface area contributed by atoms with Crippen LogP contribution in [0.25, 0.3) is 10.2 Å². The van der Waals surface area contributed by atoms with Crippen molar-refractivity contribution in [1.29, 1.82) is 0 Å². The molecule has 20 heavy (non-hydrogen) atoms. The van der Waals surface area contributed by atoms with E-state index in [2.05, 4.69) is 4.98 Å². The van der Waals surface area contributed by atoms with Gasteiger partial charge in [0.2, 0.25) is 5.91 Å². The molecule has 4 nitrogen and oxygen atoms in total. The fourth-order valence-corrected chi connectivity index (χ4v) is 3.34. The molecule has 106 valence electrons. The molecule has 1 aromatic heterocycles. The first-order valence-electron chi connectivity index (χ1n) is 6.69. The van der Waals surface area contributed by atoms with Crippen molar-refractivity contribution in [3.05, 3.63) is 24.0 Å². The fraction of sp³-hybridized carbons (Fsp3) is 0.429.